The average Bonchev–Trinajstić information content (AvgIpc) is 2.15. The van der Waals surface area contributed by atoms with Gasteiger partial charge >= 0.3 is 0 Å². The van der Waals surface area contributed by atoms with Crippen molar-refractivity contribution in [2.45, 2.75) is 25.1 Å². The summed E-state index contributed by atoms with van der Waals surface area (Å²) < 4.78 is 6.15. The molecular weight excluding hydrogens is 263 g/mol. The molecule has 0 amide bonds. The Morgan fingerprint density at radius 3 is 2.71 bits per heavy atom. The van der Waals surface area contributed by atoms with E-state index in [1.165, 1.54) is 5.56 Å². The molecule has 0 radical (unpaired) electrons. The normalized spacial score (nSPS) is 12.6. The van der Waals surface area contributed by atoms with Crippen LogP contribution in [0.3, 0.4) is 0 Å². The summed E-state index contributed by atoms with van der Waals surface area (Å²) in [4.78, 5) is 0. The van der Waals surface area contributed by atoms with Crippen LogP contribution in [-0.2, 0) is 6.42 Å². The molecule has 0 saturated heterocycles. The maximum Gasteiger partial charge on any atom is 0.133 e. The van der Waals surface area contributed by atoms with E-state index in [1.54, 1.807) is 7.11 Å². The van der Waals surface area contributed by atoms with E-state index in [2.05, 4.69) is 28.1 Å². The molecule has 1 aromatic rings. The van der Waals surface area contributed by atoms with Crippen molar-refractivity contribution in [3.05, 3.63) is 28.2 Å². The Morgan fingerprint density at radius 1 is 1.50 bits per heavy atom. The lowest BCUT2D eigenvalue weighted by Crippen LogP contribution is -1.95. The highest BCUT2D eigenvalue weighted by Crippen LogP contribution is 2.26. The zero-order chi connectivity index (χ0) is 10.6. The van der Waals surface area contributed by atoms with Gasteiger partial charge in [0.2, 0.25) is 0 Å². The number of aryl methyl sites for hydroxylation is 1. The summed E-state index contributed by atoms with van der Waals surface area (Å²) >= 11 is 9.35. The maximum atomic E-state index is 5.89. The van der Waals surface area contributed by atoms with Gasteiger partial charge < -0.3 is 4.74 Å². The zero-order valence-electron chi connectivity index (χ0n) is 8.39. The first kappa shape index (κ1) is 11.9. The lowest BCUT2D eigenvalue weighted by atomic mass is 10.1. The van der Waals surface area contributed by atoms with Crippen molar-refractivity contribution in [3.63, 3.8) is 0 Å². The first-order chi connectivity index (χ1) is 6.63. The van der Waals surface area contributed by atoms with Crippen LogP contribution in [0.1, 0.15) is 18.9 Å². The maximum absolute atomic E-state index is 5.89. The molecule has 1 unspecified atom stereocenters. The smallest absolute Gasteiger partial charge is 0.133 e. The highest BCUT2D eigenvalue weighted by atomic mass is 79.9. The van der Waals surface area contributed by atoms with Gasteiger partial charge in [0.05, 0.1) is 11.6 Å². The third-order valence-electron chi connectivity index (χ3n) is 2.05. The number of methoxy groups -OCH3 is 1. The molecule has 0 saturated carbocycles. The fraction of sp³-hybridized carbons (Fsp3) is 0.455. The first-order valence-corrected chi connectivity index (χ1v) is 5.83. The van der Waals surface area contributed by atoms with Crippen LogP contribution >= 0.6 is 27.5 Å². The third kappa shape index (κ3) is 3.50. The lowest BCUT2D eigenvalue weighted by molar-refractivity contribution is 0.412. The summed E-state index contributed by atoms with van der Waals surface area (Å²) in [5.74, 6) is 0.868. The lowest BCUT2D eigenvalue weighted by Gasteiger charge is -2.07. The summed E-state index contributed by atoms with van der Waals surface area (Å²) in [5.41, 5.74) is 1.28. The van der Waals surface area contributed by atoms with Crippen LogP contribution in [0.15, 0.2) is 22.7 Å². The Hall–Kier alpha value is -0.210. The van der Waals surface area contributed by atoms with Gasteiger partial charge in [0.15, 0.2) is 0 Å². The molecular formula is C11H14BrClO. The summed E-state index contributed by atoms with van der Waals surface area (Å²) in [6.45, 7) is 2.01. The minimum atomic E-state index is 0.232. The van der Waals surface area contributed by atoms with Gasteiger partial charge in [0, 0.05) is 5.38 Å². The molecule has 0 fully saturated rings. The van der Waals surface area contributed by atoms with E-state index in [9.17, 15) is 0 Å². The van der Waals surface area contributed by atoms with Crippen LogP contribution < -0.4 is 4.74 Å². The molecule has 1 aromatic carbocycles. The molecule has 0 spiro atoms. The van der Waals surface area contributed by atoms with Crippen molar-refractivity contribution in [3.8, 4) is 5.75 Å². The Labute approximate surface area is 98.5 Å². The molecule has 0 aliphatic heterocycles. The predicted octanol–water partition coefficient (Wildman–Crippen LogP) is 4.02. The molecule has 1 atom stereocenters. The van der Waals surface area contributed by atoms with Gasteiger partial charge in [0.25, 0.3) is 0 Å². The molecule has 0 aliphatic rings. The summed E-state index contributed by atoms with van der Waals surface area (Å²) in [7, 11) is 1.67. The van der Waals surface area contributed by atoms with Gasteiger partial charge in [-0.2, -0.15) is 0 Å². The van der Waals surface area contributed by atoms with Gasteiger partial charge in [-0.05, 0) is 53.4 Å². The van der Waals surface area contributed by atoms with Crippen molar-refractivity contribution in [2.24, 2.45) is 0 Å². The number of halogens is 2. The van der Waals surface area contributed by atoms with Crippen LogP contribution in [0.2, 0.25) is 0 Å². The van der Waals surface area contributed by atoms with Crippen LogP contribution in [0, 0.1) is 0 Å². The average molecular weight is 278 g/mol. The van der Waals surface area contributed by atoms with E-state index in [1.807, 2.05) is 13.0 Å². The summed E-state index contributed by atoms with van der Waals surface area (Å²) in [6, 6.07) is 6.12. The van der Waals surface area contributed by atoms with E-state index in [0.717, 1.165) is 23.1 Å². The largest absolute Gasteiger partial charge is 0.496 e. The number of alkyl halides is 1. The third-order valence-corrected chi connectivity index (χ3v) is 2.88. The zero-order valence-corrected chi connectivity index (χ0v) is 10.7. The van der Waals surface area contributed by atoms with E-state index >= 15 is 0 Å². The van der Waals surface area contributed by atoms with Gasteiger partial charge in [0.1, 0.15) is 5.75 Å². The number of rotatable bonds is 4. The summed E-state index contributed by atoms with van der Waals surface area (Å²) in [5, 5.41) is 0.232. The second-order valence-corrected chi connectivity index (χ2v) is 4.89. The van der Waals surface area contributed by atoms with E-state index in [0.29, 0.717) is 0 Å². The Bertz CT molecular complexity index is 299. The second-order valence-electron chi connectivity index (χ2n) is 3.29. The number of ether oxygens (including phenoxy) is 1. The minimum Gasteiger partial charge on any atom is -0.496 e. The van der Waals surface area contributed by atoms with Gasteiger partial charge in [-0.25, -0.2) is 0 Å². The van der Waals surface area contributed by atoms with Crippen LogP contribution in [0.5, 0.6) is 5.75 Å². The Morgan fingerprint density at radius 2 is 2.21 bits per heavy atom. The van der Waals surface area contributed by atoms with E-state index in [-0.39, 0.29) is 5.38 Å². The fourth-order valence-corrected chi connectivity index (χ4v) is 1.93. The SMILES string of the molecule is COc1ccc(CCC(C)Cl)cc1Br. The van der Waals surface area contributed by atoms with Gasteiger partial charge in [-0.1, -0.05) is 6.07 Å². The molecule has 0 heterocycles. The number of hydrogen-bond acceptors (Lipinski definition) is 1. The highest BCUT2D eigenvalue weighted by Gasteiger charge is 2.02. The van der Waals surface area contributed by atoms with Crippen molar-refractivity contribution in [1.82, 2.24) is 0 Å². The van der Waals surface area contributed by atoms with Crippen molar-refractivity contribution in [1.29, 1.82) is 0 Å². The topological polar surface area (TPSA) is 9.23 Å². The molecule has 0 N–H and O–H groups in total. The van der Waals surface area contributed by atoms with Crippen molar-refractivity contribution in [2.75, 3.05) is 7.11 Å². The van der Waals surface area contributed by atoms with Crippen molar-refractivity contribution >= 4 is 27.5 Å². The number of benzene rings is 1. The number of hydrogen-bond donors (Lipinski definition) is 0. The summed E-state index contributed by atoms with van der Waals surface area (Å²) in [6.07, 6.45) is 2.01. The molecule has 0 bridgehead atoms. The van der Waals surface area contributed by atoms with Crippen molar-refractivity contribution < 1.29 is 4.74 Å². The standard InChI is InChI=1S/C11H14BrClO/c1-8(13)3-4-9-5-6-11(14-2)10(12)7-9/h5-8H,3-4H2,1-2H3. The van der Waals surface area contributed by atoms with Gasteiger partial charge in [-0.15, -0.1) is 11.6 Å². The van der Waals surface area contributed by atoms with Crippen LogP contribution in [0.25, 0.3) is 0 Å². The molecule has 0 aromatic heterocycles. The predicted molar refractivity (Wildman–Crippen MR) is 64.3 cm³/mol. The Balaban J connectivity index is 2.66. The molecule has 1 rings (SSSR count). The molecule has 78 valence electrons. The van der Waals surface area contributed by atoms with Gasteiger partial charge in [-0.3, -0.25) is 0 Å². The molecule has 0 aliphatic carbocycles. The monoisotopic (exact) mass is 276 g/mol. The quantitative estimate of drug-likeness (QED) is 0.755. The van der Waals surface area contributed by atoms with Crippen LogP contribution in [0.4, 0.5) is 0 Å². The molecule has 1 nitrogen and oxygen atoms in total. The highest BCUT2D eigenvalue weighted by molar-refractivity contribution is 9.10. The van der Waals surface area contributed by atoms with E-state index in [4.69, 9.17) is 16.3 Å². The minimum absolute atomic E-state index is 0.232. The first-order valence-electron chi connectivity index (χ1n) is 4.60. The fourth-order valence-electron chi connectivity index (χ4n) is 1.23. The Kier molecular flexibility index (Phi) is 4.76. The van der Waals surface area contributed by atoms with E-state index < -0.39 is 0 Å². The van der Waals surface area contributed by atoms with Crippen LogP contribution in [-0.4, -0.2) is 12.5 Å². The second kappa shape index (κ2) is 5.62. The molecule has 14 heavy (non-hydrogen) atoms. The molecule has 3 heteroatoms.